The average Bonchev–Trinajstić information content (AvgIpc) is 3.02. The molecule has 0 radical (unpaired) electrons. The molecule has 108 valence electrons. The summed E-state index contributed by atoms with van der Waals surface area (Å²) in [6.07, 6.45) is 4.19. The van der Waals surface area contributed by atoms with Crippen LogP contribution in [0.3, 0.4) is 0 Å². The third-order valence-corrected chi connectivity index (χ3v) is 3.66. The molecule has 3 heterocycles. The Morgan fingerprint density at radius 2 is 2.19 bits per heavy atom. The largest absolute Gasteiger partial charge is 0.351 e. The van der Waals surface area contributed by atoms with E-state index in [2.05, 4.69) is 25.1 Å². The fourth-order valence-corrected chi connectivity index (χ4v) is 2.44. The van der Waals surface area contributed by atoms with E-state index in [1.54, 1.807) is 0 Å². The molecule has 0 spiro atoms. The SMILES string of the molecule is Cc1nc(N(C)Cc2noc(C3CC3)n2)c2cc[nH]c2n1. The molecule has 0 aliphatic heterocycles. The predicted octanol–water partition coefficient (Wildman–Crippen LogP) is 2.16. The summed E-state index contributed by atoms with van der Waals surface area (Å²) in [5.74, 6) is 3.55. The zero-order chi connectivity index (χ0) is 14.4. The Bertz CT molecular complexity index is 788. The van der Waals surface area contributed by atoms with Gasteiger partial charge in [-0.3, -0.25) is 0 Å². The summed E-state index contributed by atoms with van der Waals surface area (Å²) in [5, 5.41) is 5.05. The number of H-pyrrole nitrogens is 1. The number of hydrogen-bond acceptors (Lipinski definition) is 6. The van der Waals surface area contributed by atoms with Gasteiger partial charge in [-0.05, 0) is 25.8 Å². The van der Waals surface area contributed by atoms with Crippen LogP contribution in [0.25, 0.3) is 11.0 Å². The van der Waals surface area contributed by atoms with Crippen LogP contribution in [-0.4, -0.2) is 32.1 Å². The number of rotatable bonds is 4. The second kappa shape index (κ2) is 4.54. The molecule has 4 rings (SSSR count). The van der Waals surface area contributed by atoms with Crippen LogP contribution in [0.5, 0.6) is 0 Å². The van der Waals surface area contributed by atoms with E-state index in [1.165, 1.54) is 0 Å². The Labute approximate surface area is 121 Å². The van der Waals surface area contributed by atoms with Crippen molar-refractivity contribution < 1.29 is 4.52 Å². The van der Waals surface area contributed by atoms with E-state index >= 15 is 0 Å². The van der Waals surface area contributed by atoms with Crippen LogP contribution in [0.4, 0.5) is 5.82 Å². The Balaban J connectivity index is 1.62. The first-order chi connectivity index (χ1) is 10.2. The van der Waals surface area contributed by atoms with Crippen molar-refractivity contribution in [1.82, 2.24) is 25.1 Å². The molecule has 7 heteroatoms. The minimum Gasteiger partial charge on any atom is -0.351 e. The number of nitrogens with zero attached hydrogens (tertiary/aromatic N) is 5. The number of anilines is 1. The smallest absolute Gasteiger partial charge is 0.229 e. The highest BCUT2D eigenvalue weighted by Crippen LogP contribution is 2.38. The van der Waals surface area contributed by atoms with Crippen molar-refractivity contribution >= 4 is 16.9 Å². The van der Waals surface area contributed by atoms with E-state index in [9.17, 15) is 0 Å². The zero-order valence-corrected chi connectivity index (χ0v) is 12.0. The Kier molecular flexibility index (Phi) is 2.66. The summed E-state index contributed by atoms with van der Waals surface area (Å²) in [6, 6.07) is 1.98. The Hall–Kier alpha value is -2.44. The van der Waals surface area contributed by atoms with Gasteiger partial charge in [0.25, 0.3) is 0 Å². The van der Waals surface area contributed by atoms with E-state index in [0.717, 1.165) is 41.4 Å². The van der Waals surface area contributed by atoms with Gasteiger partial charge in [0.1, 0.15) is 17.3 Å². The van der Waals surface area contributed by atoms with Crippen LogP contribution in [0.2, 0.25) is 0 Å². The molecular formula is C14H16N6O. The number of aromatic amines is 1. The lowest BCUT2D eigenvalue weighted by molar-refractivity contribution is 0.374. The molecule has 21 heavy (non-hydrogen) atoms. The second-order valence-corrected chi connectivity index (χ2v) is 5.51. The predicted molar refractivity (Wildman–Crippen MR) is 77.0 cm³/mol. The minimum absolute atomic E-state index is 0.481. The number of aryl methyl sites for hydroxylation is 1. The molecule has 0 atom stereocenters. The van der Waals surface area contributed by atoms with E-state index in [1.807, 2.05) is 31.1 Å². The lowest BCUT2D eigenvalue weighted by Crippen LogP contribution is -2.19. The molecule has 1 aliphatic carbocycles. The summed E-state index contributed by atoms with van der Waals surface area (Å²) in [6.45, 7) is 2.45. The third kappa shape index (κ3) is 2.24. The Morgan fingerprint density at radius 3 is 3.00 bits per heavy atom. The van der Waals surface area contributed by atoms with E-state index < -0.39 is 0 Å². The Morgan fingerprint density at radius 1 is 1.33 bits per heavy atom. The third-order valence-electron chi connectivity index (χ3n) is 3.66. The van der Waals surface area contributed by atoms with Gasteiger partial charge in [-0.2, -0.15) is 4.98 Å². The quantitative estimate of drug-likeness (QED) is 0.790. The summed E-state index contributed by atoms with van der Waals surface area (Å²) >= 11 is 0. The van der Waals surface area contributed by atoms with Gasteiger partial charge in [0.2, 0.25) is 5.89 Å². The lowest BCUT2D eigenvalue weighted by atomic mass is 10.3. The summed E-state index contributed by atoms with van der Waals surface area (Å²) in [5.41, 5.74) is 0.844. The highest BCUT2D eigenvalue weighted by Gasteiger charge is 2.29. The van der Waals surface area contributed by atoms with Crippen molar-refractivity contribution in [2.24, 2.45) is 0 Å². The van der Waals surface area contributed by atoms with Gasteiger partial charge in [-0.15, -0.1) is 0 Å². The van der Waals surface area contributed by atoms with Crippen LogP contribution >= 0.6 is 0 Å². The van der Waals surface area contributed by atoms with E-state index in [0.29, 0.717) is 18.3 Å². The molecule has 3 aromatic heterocycles. The first kappa shape index (κ1) is 12.3. The lowest BCUT2D eigenvalue weighted by Gasteiger charge is -2.17. The van der Waals surface area contributed by atoms with Gasteiger partial charge < -0.3 is 14.4 Å². The molecule has 0 amide bonds. The molecule has 1 aliphatic rings. The van der Waals surface area contributed by atoms with Crippen LogP contribution in [0.15, 0.2) is 16.8 Å². The van der Waals surface area contributed by atoms with Gasteiger partial charge in [0, 0.05) is 19.2 Å². The van der Waals surface area contributed by atoms with Crippen LogP contribution < -0.4 is 4.90 Å². The van der Waals surface area contributed by atoms with Gasteiger partial charge in [-0.25, -0.2) is 9.97 Å². The second-order valence-electron chi connectivity index (χ2n) is 5.51. The van der Waals surface area contributed by atoms with Crippen molar-refractivity contribution in [3.63, 3.8) is 0 Å². The first-order valence-corrected chi connectivity index (χ1v) is 7.06. The molecule has 0 bridgehead atoms. The maximum Gasteiger partial charge on any atom is 0.229 e. The molecule has 3 aromatic rings. The van der Waals surface area contributed by atoms with Crippen molar-refractivity contribution in [3.8, 4) is 0 Å². The van der Waals surface area contributed by atoms with Gasteiger partial charge >= 0.3 is 0 Å². The van der Waals surface area contributed by atoms with Crippen LogP contribution in [0, 0.1) is 6.92 Å². The maximum atomic E-state index is 5.29. The van der Waals surface area contributed by atoms with Crippen molar-refractivity contribution in [1.29, 1.82) is 0 Å². The fraction of sp³-hybridized carbons (Fsp3) is 0.429. The molecule has 1 fully saturated rings. The minimum atomic E-state index is 0.481. The van der Waals surface area contributed by atoms with Crippen molar-refractivity contribution in [2.45, 2.75) is 32.2 Å². The number of fused-ring (bicyclic) bond motifs is 1. The van der Waals surface area contributed by atoms with Gasteiger partial charge in [0.05, 0.1) is 11.9 Å². The summed E-state index contributed by atoms with van der Waals surface area (Å²) in [4.78, 5) is 18.5. The summed E-state index contributed by atoms with van der Waals surface area (Å²) < 4.78 is 5.29. The fourth-order valence-electron chi connectivity index (χ4n) is 2.44. The molecule has 0 aromatic carbocycles. The number of hydrogen-bond donors (Lipinski definition) is 1. The molecule has 1 N–H and O–H groups in total. The van der Waals surface area contributed by atoms with Crippen molar-refractivity contribution in [3.05, 3.63) is 29.8 Å². The number of nitrogens with one attached hydrogen (secondary N) is 1. The maximum absolute atomic E-state index is 5.29. The molecule has 7 nitrogen and oxygen atoms in total. The van der Waals surface area contributed by atoms with Crippen LogP contribution in [-0.2, 0) is 6.54 Å². The summed E-state index contributed by atoms with van der Waals surface area (Å²) in [7, 11) is 1.97. The van der Waals surface area contributed by atoms with E-state index in [4.69, 9.17) is 4.52 Å². The molecular weight excluding hydrogens is 268 g/mol. The standard InChI is InChI=1S/C14H16N6O/c1-8-16-12-10(5-6-15-12)13(17-8)20(2)7-11-18-14(21-19-11)9-3-4-9/h5-6,9H,3-4,7H2,1-2H3,(H,15,16,17). The van der Waals surface area contributed by atoms with E-state index in [-0.39, 0.29) is 0 Å². The number of aromatic nitrogens is 5. The molecule has 0 unspecified atom stereocenters. The highest BCUT2D eigenvalue weighted by molar-refractivity contribution is 5.87. The van der Waals surface area contributed by atoms with Gasteiger partial charge in [-0.1, -0.05) is 5.16 Å². The topological polar surface area (TPSA) is 83.7 Å². The van der Waals surface area contributed by atoms with Gasteiger partial charge in [0.15, 0.2) is 5.82 Å². The average molecular weight is 284 g/mol. The monoisotopic (exact) mass is 284 g/mol. The van der Waals surface area contributed by atoms with Crippen molar-refractivity contribution in [2.75, 3.05) is 11.9 Å². The highest BCUT2D eigenvalue weighted by atomic mass is 16.5. The normalized spacial score (nSPS) is 14.8. The van der Waals surface area contributed by atoms with Crippen LogP contribution in [0.1, 0.15) is 36.3 Å². The molecule has 0 saturated heterocycles. The first-order valence-electron chi connectivity index (χ1n) is 7.06. The zero-order valence-electron chi connectivity index (χ0n) is 12.0. The molecule has 1 saturated carbocycles.